The first-order chi connectivity index (χ1) is 8.34. The van der Waals surface area contributed by atoms with E-state index in [9.17, 15) is 5.11 Å². The molecule has 0 aliphatic rings. The zero-order valence-electron chi connectivity index (χ0n) is 11.9. The lowest BCUT2D eigenvalue weighted by Gasteiger charge is -2.31. The third kappa shape index (κ3) is 3.25. The zero-order chi connectivity index (χ0) is 13.9. The predicted octanol–water partition coefficient (Wildman–Crippen LogP) is 2.46. The van der Waals surface area contributed by atoms with Crippen LogP contribution in [0.5, 0.6) is 0 Å². The Kier molecular flexibility index (Phi) is 5.20. The van der Waals surface area contributed by atoms with E-state index in [4.69, 9.17) is 11.6 Å². The van der Waals surface area contributed by atoms with Crippen molar-refractivity contribution in [2.24, 2.45) is 0 Å². The molecule has 0 saturated heterocycles. The summed E-state index contributed by atoms with van der Waals surface area (Å²) in [5.41, 5.74) is 1.56. The average Bonchev–Trinajstić information content (AvgIpc) is 2.57. The summed E-state index contributed by atoms with van der Waals surface area (Å²) in [7, 11) is 0. The number of aromatic nitrogens is 2. The standard InChI is InChI=1S/C13H24ClN3O/c1-6-15-13(5,8-18)7-9(2)17-11(4)12(14)10(3)16-17/h9,15,18H,6-8H2,1-5H3. The van der Waals surface area contributed by atoms with Crippen LogP contribution < -0.4 is 5.32 Å². The highest BCUT2D eigenvalue weighted by Gasteiger charge is 2.26. The molecule has 0 aromatic carbocycles. The van der Waals surface area contributed by atoms with Gasteiger partial charge in [0, 0.05) is 5.54 Å². The van der Waals surface area contributed by atoms with Gasteiger partial charge in [-0.05, 0) is 40.7 Å². The van der Waals surface area contributed by atoms with E-state index >= 15 is 0 Å². The number of nitrogens with zero attached hydrogens (tertiary/aromatic N) is 2. The van der Waals surface area contributed by atoms with E-state index in [0.29, 0.717) is 0 Å². The second kappa shape index (κ2) is 6.04. The van der Waals surface area contributed by atoms with Crippen LogP contribution in [-0.4, -0.2) is 33.6 Å². The minimum absolute atomic E-state index is 0.109. The molecule has 2 unspecified atom stereocenters. The predicted molar refractivity (Wildman–Crippen MR) is 75.2 cm³/mol. The highest BCUT2D eigenvalue weighted by atomic mass is 35.5. The highest BCUT2D eigenvalue weighted by molar-refractivity contribution is 6.31. The molecule has 2 N–H and O–H groups in total. The van der Waals surface area contributed by atoms with Crippen LogP contribution >= 0.6 is 11.6 Å². The van der Waals surface area contributed by atoms with Crippen molar-refractivity contribution in [2.45, 2.75) is 52.6 Å². The minimum Gasteiger partial charge on any atom is -0.394 e. The van der Waals surface area contributed by atoms with Gasteiger partial charge < -0.3 is 10.4 Å². The summed E-state index contributed by atoms with van der Waals surface area (Å²) in [6.07, 6.45) is 0.801. The van der Waals surface area contributed by atoms with E-state index in [-0.39, 0.29) is 18.2 Å². The maximum atomic E-state index is 9.52. The van der Waals surface area contributed by atoms with Crippen LogP contribution in [0.4, 0.5) is 0 Å². The Morgan fingerprint density at radius 3 is 2.50 bits per heavy atom. The van der Waals surface area contributed by atoms with Crippen molar-refractivity contribution in [2.75, 3.05) is 13.2 Å². The van der Waals surface area contributed by atoms with Crippen molar-refractivity contribution in [3.63, 3.8) is 0 Å². The van der Waals surface area contributed by atoms with Gasteiger partial charge in [0.2, 0.25) is 0 Å². The second-order valence-electron chi connectivity index (χ2n) is 5.23. The fourth-order valence-electron chi connectivity index (χ4n) is 2.43. The minimum atomic E-state index is -0.285. The van der Waals surface area contributed by atoms with Gasteiger partial charge in [0.1, 0.15) is 0 Å². The summed E-state index contributed by atoms with van der Waals surface area (Å²) in [4.78, 5) is 0. The van der Waals surface area contributed by atoms with Crippen molar-refractivity contribution in [3.05, 3.63) is 16.4 Å². The van der Waals surface area contributed by atoms with E-state index < -0.39 is 0 Å². The number of likely N-dealkylation sites (N-methyl/N-ethyl adjacent to an activating group) is 1. The Balaban J connectivity index is 2.87. The fraction of sp³-hybridized carbons (Fsp3) is 0.769. The number of aryl methyl sites for hydroxylation is 1. The van der Waals surface area contributed by atoms with Crippen molar-refractivity contribution < 1.29 is 5.11 Å². The molecule has 1 rings (SSSR count). The normalized spacial score (nSPS) is 16.6. The molecule has 4 nitrogen and oxygen atoms in total. The van der Waals surface area contributed by atoms with Gasteiger partial charge in [0.15, 0.2) is 0 Å². The third-order valence-electron chi connectivity index (χ3n) is 3.35. The molecule has 18 heavy (non-hydrogen) atoms. The molecular weight excluding hydrogens is 250 g/mol. The number of halogens is 1. The van der Waals surface area contributed by atoms with E-state index in [1.54, 1.807) is 0 Å². The molecule has 5 heteroatoms. The summed E-state index contributed by atoms with van der Waals surface area (Å²) < 4.78 is 1.95. The van der Waals surface area contributed by atoms with E-state index in [1.807, 2.05) is 32.4 Å². The Labute approximate surface area is 114 Å². The molecule has 0 radical (unpaired) electrons. The summed E-state index contributed by atoms with van der Waals surface area (Å²) in [5.74, 6) is 0. The molecule has 104 valence electrons. The fourth-order valence-corrected chi connectivity index (χ4v) is 2.55. The van der Waals surface area contributed by atoms with Gasteiger partial charge >= 0.3 is 0 Å². The van der Waals surface area contributed by atoms with Crippen LogP contribution in [0.3, 0.4) is 0 Å². The smallest absolute Gasteiger partial charge is 0.0844 e. The summed E-state index contributed by atoms with van der Waals surface area (Å²) in [5, 5.41) is 18.0. The molecular formula is C13H24ClN3O. The highest BCUT2D eigenvalue weighted by Crippen LogP contribution is 2.26. The first kappa shape index (κ1) is 15.5. The van der Waals surface area contributed by atoms with Crippen molar-refractivity contribution >= 4 is 11.6 Å². The summed E-state index contributed by atoms with van der Waals surface area (Å²) in [6, 6.07) is 0.187. The van der Waals surface area contributed by atoms with Crippen LogP contribution in [0.15, 0.2) is 0 Å². The first-order valence-electron chi connectivity index (χ1n) is 6.41. The number of rotatable bonds is 6. The van der Waals surface area contributed by atoms with Gasteiger partial charge in [-0.2, -0.15) is 5.10 Å². The van der Waals surface area contributed by atoms with Crippen molar-refractivity contribution in [1.29, 1.82) is 0 Å². The quantitative estimate of drug-likeness (QED) is 0.837. The van der Waals surface area contributed by atoms with Crippen LogP contribution in [0, 0.1) is 13.8 Å². The van der Waals surface area contributed by atoms with Crippen molar-refractivity contribution in [1.82, 2.24) is 15.1 Å². The Morgan fingerprint density at radius 1 is 1.50 bits per heavy atom. The molecule has 0 saturated carbocycles. The summed E-state index contributed by atoms with van der Waals surface area (Å²) in [6.45, 7) is 11.0. The number of aliphatic hydroxyl groups excluding tert-OH is 1. The zero-order valence-corrected chi connectivity index (χ0v) is 12.7. The monoisotopic (exact) mass is 273 g/mol. The van der Waals surface area contributed by atoms with E-state index in [1.165, 1.54) is 0 Å². The SMILES string of the molecule is CCNC(C)(CO)CC(C)n1nc(C)c(Cl)c1C. The van der Waals surface area contributed by atoms with Gasteiger partial charge in [0.25, 0.3) is 0 Å². The molecule has 0 fully saturated rings. The molecule has 1 aromatic heterocycles. The Morgan fingerprint density at radius 2 is 2.11 bits per heavy atom. The molecule has 0 aliphatic carbocycles. The molecule has 1 heterocycles. The molecule has 0 bridgehead atoms. The van der Waals surface area contributed by atoms with Gasteiger partial charge in [0.05, 0.1) is 29.1 Å². The molecule has 0 aliphatic heterocycles. The average molecular weight is 274 g/mol. The molecule has 2 atom stereocenters. The molecule has 1 aromatic rings. The molecule has 0 spiro atoms. The summed E-state index contributed by atoms with van der Waals surface area (Å²) >= 11 is 6.16. The largest absolute Gasteiger partial charge is 0.394 e. The van der Waals surface area contributed by atoms with Crippen LogP contribution in [0.1, 0.15) is 44.6 Å². The van der Waals surface area contributed by atoms with Crippen LogP contribution in [0.25, 0.3) is 0 Å². The Hall–Kier alpha value is -0.580. The number of aliphatic hydroxyl groups is 1. The number of hydrogen-bond donors (Lipinski definition) is 2. The maximum Gasteiger partial charge on any atom is 0.0844 e. The van der Waals surface area contributed by atoms with Crippen LogP contribution in [-0.2, 0) is 0 Å². The van der Waals surface area contributed by atoms with Gasteiger partial charge in [-0.1, -0.05) is 18.5 Å². The van der Waals surface area contributed by atoms with Crippen LogP contribution in [0.2, 0.25) is 5.02 Å². The van der Waals surface area contributed by atoms with Gasteiger partial charge in [-0.15, -0.1) is 0 Å². The molecule has 0 amide bonds. The lowest BCUT2D eigenvalue weighted by molar-refractivity contribution is 0.150. The van der Waals surface area contributed by atoms with E-state index in [2.05, 4.69) is 17.3 Å². The third-order valence-corrected chi connectivity index (χ3v) is 3.90. The van der Waals surface area contributed by atoms with Gasteiger partial charge in [-0.25, -0.2) is 0 Å². The van der Waals surface area contributed by atoms with Gasteiger partial charge in [-0.3, -0.25) is 4.68 Å². The second-order valence-corrected chi connectivity index (χ2v) is 5.61. The number of nitrogens with one attached hydrogen (secondary N) is 1. The number of hydrogen-bond acceptors (Lipinski definition) is 3. The van der Waals surface area contributed by atoms with E-state index in [0.717, 1.165) is 29.4 Å². The maximum absolute atomic E-state index is 9.52. The lowest BCUT2D eigenvalue weighted by Crippen LogP contribution is -2.47. The Bertz CT molecular complexity index is 405. The topological polar surface area (TPSA) is 50.1 Å². The lowest BCUT2D eigenvalue weighted by atomic mass is 9.94. The van der Waals surface area contributed by atoms with Crippen molar-refractivity contribution in [3.8, 4) is 0 Å². The first-order valence-corrected chi connectivity index (χ1v) is 6.79.